The third kappa shape index (κ3) is 5.48. The lowest BCUT2D eigenvalue weighted by molar-refractivity contribution is -0.138. The fourth-order valence-corrected chi connectivity index (χ4v) is 2.03. The van der Waals surface area contributed by atoms with Crippen molar-refractivity contribution in [2.24, 2.45) is 0 Å². The molecule has 9 nitrogen and oxygen atoms in total. The molecule has 2 heterocycles. The van der Waals surface area contributed by atoms with Gasteiger partial charge in [-0.15, -0.1) is 5.10 Å². The average molecular weight is 297 g/mol. The predicted molar refractivity (Wildman–Crippen MR) is 71.3 cm³/mol. The van der Waals surface area contributed by atoms with Gasteiger partial charge < -0.3 is 20.5 Å². The van der Waals surface area contributed by atoms with Crippen molar-refractivity contribution in [3.63, 3.8) is 0 Å². The standard InChI is InChI=1S/C12H19N5O4/c18-11(8-21-10-1-3-13-4-2-10)14-5-9-6-17(16-15-9)7-12(19)20/h6,10,13H,1-5,7-8H2,(H,14,18)(H,19,20). The molecule has 0 aromatic carbocycles. The first-order chi connectivity index (χ1) is 10.1. The van der Waals surface area contributed by atoms with Crippen LogP contribution in [0.25, 0.3) is 0 Å². The number of piperidine rings is 1. The van der Waals surface area contributed by atoms with E-state index in [0.29, 0.717) is 5.69 Å². The van der Waals surface area contributed by atoms with Gasteiger partial charge in [0.25, 0.3) is 0 Å². The highest BCUT2D eigenvalue weighted by molar-refractivity contribution is 5.77. The first-order valence-electron chi connectivity index (χ1n) is 6.83. The number of ether oxygens (including phenoxy) is 1. The second-order valence-electron chi connectivity index (χ2n) is 4.84. The van der Waals surface area contributed by atoms with Crippen LogP contribution in [0.15, 0.2) is 6.20 Å². The highest BCUT2D eigenvalue weighted by Gasteiger charge is 2.14. The highest BCUT2D eigenvalue weighted by atomic mass is 16.5. The summed E-state index contributed by atoms with van der Waals surface area (Å²) in [6.45, 7) is 1.81. The first kappa shape index (κ1) is 15.4. The van der Waals surface area contributed by atoms with Gasteiger partial charge in [-0.3, -0.25) is 9.59 Å². The normalized spacial score (nSPS) is 15.8. The molecular weight excluding hydrogens is 278 g/mol. The zero-order valence-corrected chi connectivity index (χ0v) is 11.6. The number of rotatable bonds is 7. The Balaban J connectivity index is 1.66. The molecule has 21 heavy (non-hydrogen) atoms. The van der Waals surface area contributed by atoms with Crippen molar-refractivity contribution in [1.29, 1.82) is 0 Å². The fourth-order valence-electron chi connectivity index (χ4n) is 2.03. The molecule has 116 valence electrons. The van der Waals surface area contributed by atoms with Crippen molar-refractivity contribution < 1.29 is 19.4 Å². The Morgan fingerprint density at radius 3 is 2.95 bits per heavy atom. The van der Waals surface area contributed by atoms with E-state index in [2.05, 4.69) is 20.9 Å². The maximum absolute atomic E-state index is 11.6. The fraction of sp³-hybridized carbons (Fsp3) is 0.667. The molecule has 1 aliphatic rings. The number of aliphatic carboxylic acids is 1. The summed E-state index contributed by atoms with van der Waals surface area (Å²) >= 11 is 0. The van der Waals surface area contributed by atoms with Gasteiger partial charge in [-0.2, -0.15) is 0 Å². The summed E-state index contributed by atoms with van der Waals surface area (Å²) < 4.78 is 6.72. The third-order valence-corrected chi connectivity index (χ3v) is 3.09. The van der Waals surface area contributed by atoms with Gasteiger partial charge in [0.1, 0.15) is 18.8 Å². The Labute approximate surface area is 121 Å². The van der Waals surface area contributed by atoms with Crippen molar-refractivity contribution in [3.05, 3.63) is 11.9 Å². The van der Waals surface area contributed by atoms with Gasteiger partial charge in [0, 0.05) is 0 Å². The van der Waals surface area contributed by atoms with E-state index in [0.717, 1.165) is 25.9 Å². The molecule has 2 rings (SSSR count). The number of nitrogens with one attached hydrogen (secondary N) is 2. The number of aromatic nitrogens is 3. The van der Waals surface area contributed by atoms with E-state index in [-0.39, 0.29) is 31.7 Å². The molecule has 0 aliphatic carbocycles. The van der Waals surface area contributed by atoms with E-state index in [4.69, 9.17) is 9.84 Å². The number of hydrogen-bond acceptors (Lipinski definition) is 6. The number of carbonyl (C=O) groups is 2. The van der Waals surface area contributed by atoms with Crippen LogP contribution in [0.1, 0.15) is 18.5 Å². The zero-order chi connectivity index (χ0) is 15.1. The molecule has 1 aromatic rings. The molecule has 1 saturated heterocycles. The lowest BCUT2D eigenvalue weighted by Crippen LogP contribution is -2.35. The second kappa shape index (κ2) is 7.70. The van der Waals surface area contributed by atoms with Crippen LogP contribution >= 0.6 is 0 Å². The van der Waals surface area contributed by atoms with E-state index in [1.165, 1.54) is 10.9 Å². The van der Waals surface area contributed by atoms with E-state index >= 15 is 0 Å². The second-order valence-corrected chi connectivity index (χ2v) is 4.84. The summed E-state index contributed by atoms with van der Waals surface area (Å²) in [6, 6.07) is 0. The Morgan fingerprint density at radius 1 is 1.48 bits per heavy atom. The molecule has 0 unspecified atom stereocenters. The van der Waals surface area contributed by atoms with Crippen LogP contribution in [0.2, 0.25) is 0 Å². The van der Waals surface area contributed by atoms with E-state index in [1.807, 2.05) is 0 Å². The molecule has 1 aliphatic heterocycles. The van der Waals surface area contributed by atoms with Crippen molar-refractivity contribution >= 4 is 11.9 Å². The Bertz CT molecular complexity index is 484. The summed E-state index contributed by atoms with van der Waals surface area (Å²) in [4.78, 5) is 22.1. The first-order valence-corrected chi connectivity index (χ1v) is 6.83. The molecular formula is C12H19N5O4. The summed E-state index contributed by atoms with van der Waals surface area (Å²) in [6.07, 6.45) is 3.45. The smallest absolute Gasteiger partial charge is 0.325 e. The Kier molecular flexibility index (Phi) is 5.64. The van der Waals surface area contributed by atoms with E-state index in [9.17, 15) is 9.59 Å². The van der Waals surface area contributed by atoms with Crippen LogP contribution in [0.3, 0.4) is 0 Å². The van der Waals surface area contributed by atoms with Gasteiger partial charge in [-0.25, -0.2) is 4.68 Å². The topological polar surface area (TPSA) is 118 Å². The van der Waals surface area contributed by atoms with Crippen LogP contribution in [-0.4, -0.2) is 57.8 Å². The molecule has 0 atom stereocenters. The van der Waals surface area contributed by atoms with Crippen LogP contribution in [-0.2, 0) is 27.4 Å². The zero-order valence-electron chi connectivity index (χ0n) is 11.6. The van der Waals surface area contributed by atoms with Gasteiger partial charge >= 0.3 is 5.97 Å². The van der Waals surface area contributed by atoms with Gasteiger partial charge in [-0.1, -0.05) is 5.21 Å². The van der Waals surface area contributed by atoms with Crippen LogP contribution in [0, 0.1) is 0 Å². The summed E-state index contributed by atoms with van der Waals surface area (Å²) in [7, 11) is 0. The van der Waals surface area contributed by atoms with Crippen molar-refractivity contribution in [3.8, 4) is 0 Å². The lowest BCUT2D eigenvalue weighted by atomic mass is 10.1. The largest absolute Gasteiger partial charge is 0.480 e. The molecule has 0 saturated carbocycles. The van der Waals surface area contributed by atoms with Crippen LogP contribution in [0.5, 0.6) is 0 Å². The van der Waals surface area contributed by atoms with Gasteiger partial charge in [0.05, 0.1) is 18.8 Å². The number of nitrogens with zero attached hydrogens (tertiary/aromatic N) is 3. The molecule has 0 radical (unpaired) electrons. The Morgan fingerprint density at radius 2 is 2.24 bits per heavy atom. The highest BCUT2D eigenvalue weighted by Crippen LogP contribution is 2.06. The quantitative estimate of drug-likeness (QED) is 0.575. The number of amides is 1. The Hall–Kier alpha value is -2.00. The van der Waals surface area contributed by atoms with Crippen molar-refractivity contribution in [1.82, 2.24) is 25.6 Å². The minimum absolute atomic E-state index is 0.0218. The van der Waals surface area contributed by atoms with Crippen LogP contribution in [0.4, 0.5) is 0 Å². The minimum Gasteiger partial charge on any atom is -0.480 e. The number of hydrogen-bond donors (Lipinski definition) is 3. The number of carboxylic acid groups (broad SMARTS) is 1. The molecule has 0 spiro atoms. The molecule has 3 N–H and O–H groups in total. The number of carboxylic acids is 1. The molecule has 9 heteroatoms. The lowest BCUT2D eigenvalue weighted by Gasteiger charge is -2.22. The predicted octanol–water partition coefficient (Wildman–Crippen LogP) is -1.25. The van der Waals surface area contributed by atoms with Gasteiger partial charge in [-0.05, 0) is 25.9 Å². The molecule has 0 bridgehead atoms. The van der Waals surface area contributed by atoms with Crippen molar-refractivity contribution in [2.45, 2.75) is 32.0 Å². The SMILES string of the molecule is O=C(O)Cn1cc(CNC(=O)COC2CCNCC2)nn1. The van der Waals surface area contributed by atoms with Crippen molar-refractivity contribution in [2.75, 3.05) is 19.7 Å². The monoisotopic (exact) mass is 297 g/mol. The average Bonchev–Trinajstić information content (AvgIpc) is 2.91. The summed E-state index contributed by atoms with van der Waals surface area (Å²) in [5.41, 5.74) is 0.506. The number of carbonyl (C=O) groups excluding carboxylic acids is 1. The minimum atomic E-state index is -0.995. The van der Waals surface area contributed by atoms with E-state index in [1.54, 1.807) is 0 Å². The molecule has 1 aromatic heterocycles. The third-order valence-electron chi connectivity index (χ3n) is 3.09. The maximum Gasteiger partial charge on any atom is 0.325 e. The maximum atomic E-state index is 11.6. The van der Waals surface area contributed by atoms with Gasteiger partial charge in [0.15, 0.2) is 0 Å². The summed E-state index contributed by atoms with van der Waals surface area (Å²) in [5, 5.41) is 21.9. The molecule has 1 amide bonds. The summed E-state index contributed by atoms with van der Waals surface area (Å²) in [5.74, 6) is -1.22. The van der Waals surface area contributed by atoms with Gasteiger partial charge in [0.2, 0.25) is 5.91 Å². The van der Waals surface area contributed by atoms with Crippen LogP contribution < -0.4 is 10.6 Å². The molecule has 1 fully saturated rings. The van der Waals surface area contributed by atoms with E-state index < -0.39 is 5.97 Å².